The largest absolute Gasteiger partial charge is 0.350 e. The molecule has 88 valence electrons. The lowest BCUT2D eigenvalue weighted by molar-refractivity contribution is 0.528. The molecule has 0 bridgehead atoms. The average Bonchev–Trinajstić information content (AvgIpc) is 2.94. The Morgan fingerprint density at radius 3 is 2.65 bits per heavy atom. The molecule has 0 aliphatic carbocycles. The number of amidine groups is 1. The molecule has 0 amide bonds. The van der Waals surface area contributed by atoms with E-state index in [1.54, 1.807) is 18.0 Å². The van der Waals surface area contributed by atoms with Crippen molar-refractivity contribution in [3.8, 4) is 0 Å². The van der Waals surface area contributed by atoms with Gasteiger partial charge in [-0.05, 0) is 25.0 Å². The van der Waals surface area contributed by atoms with E-state index in [1.807, 2.05) is 18.2 Å². The van der Waals surface area contributed by atoms with Crippen molar-refractivity contribution < 1.29 is 0 Å². The Balaban J connectivity index is 1.78. The van der Waals surface area contributed by atoms with Crippen LogP contribution in [-0.2, 0) is 0 Å². The first-order valence-corrected chi connectivity index (χ1v) is 6.86. The molecule has 0 saturated carbocycles. The molecule has 0 aromatic carbocycles. The normalized spacial score (nSPS) is 20.1. The van der Waals surface area contributed by atoms with E-state index in [-0.39, 0.29) is 0 Å². The maximum atomic E-state index is 4.32. The van der Waals surface area contributed by atoms with Crippen LogP contribution in [0, 0.1) is 0 Å². The van der Waals surface area contributed by atoms with Crippen LogP contribution in [0.5, 0.6) is 0 Å². The van der Waals surface area contributed by atoms with Gasteiger partial charge in [0, 0.05) is 25.0 Å². The van der Waals surface area contributed by atoms with Gasteiger partial charge in [0.2, 0.25) is 0 Å². The minimum absolute atomic E-state index is 0.867. The third kappa shape index (κ3) is 2.34. The van der Waals surface area contributed by atoms with Crippen LogP contribution in [0.2, 0.25) is 0 Å². The highest BCUT2D eigenvalue weighted by molar-refractivity contribution is 8.14. The summed E-state index contributed by atoms with van der Waals surface area (Å²) in [5.74, 6) is 0.867. The highest BCUT2D eigenvalue weighted by atomic mass is 32.2. The van der Waals surface area contributed by atoms with Gasteiger partial charge in [-0.25, -0.2) is 0 Å². The van der Waals surface area contributed by atoms with E-state index in [0.29, 0.717) is 0 Å². The van der Waals surface area contributed by atoms with Crippen LogP contribution in [0.4, 0.5) is 0 Å². The molecular weight excluding hydrogens is 232 g/mol. The molecule has 1 aromatic heterocycles. The van der Waals surface area contributed by atoms with Crippen molar-refractivity contribution in [3.63, 3.8) is 0 Å². The van der Waals surface area contributed by atoms with Gasteiger partial charge in [-0.15, -0.1) is 10.2 Å². The molecule has 0 spiro atoms. The first-order valence-electron chi connectivity index (χ1n) is 5.87. The number of hydrogen-bond donors (Lipinski definition) is 0. The third-order valence-corrected chi connectivity index (χ3v) is 3.95. The molecule has 3 heterocycles. The summed E-state index contributed by atoms with van der Waals surface area (Å²) < 4.78 is 0. The van der Waals surface area contributed by atoms with Gasteiger partial charge in [0.15, 0.2) is 5.17 Å². The Kier molecular flexibility index (Phi) is 3.09. The van der Waals surface area contributed by atoms with Crippen molar-refractivity contribution in [1.82, 2.24) is 9.88 Å². The lowest BCUT2D eigenvalue weighted by atomic mass is 10.2. The molecule has 5 heteroatoms. The Labute approximate surface area is 105 Å². The van der Waals surface area contributed by atoms with E-state index in [0.717, 1.165) is 35.4 Å². The third-order valence-electron chi connectivity index (χ3n) is 2.93. The molecule has 0 N–H and O–H groups in total. The fourth-order valence-electron chi connectivity index (χ4n) is 2.02. The Morgan fingerprint density at radius 2 is 2.00 bits per heavy atom. The predicted molar refractivity (Wildman–Crippen MR) is 71.5 cm³/mol. The molecule has 0 radical (unpaired) electrons. The molecule has 3 rings (SSSR count). The fourth-order valence-corrected chi connectivity index (χ4v) is 2.95. The molecule has 1 aromatic rings. The molecule has 2 aliphatic rings. The van der Waals surface area contributed by atoms with Gasteiger partial charge in [-0.1, -0.05) is 17.8 Å². The predicted octanol–water partition coefficient (Wildman–Crippen LogP) is 1.98. The van der Waals surface area contributed by atoms with Crippen molar-refractivity contribution in [2.45, 2.75) is 12.8 Å². The quantitative estimate of drug-likeness (QED) is 0.761. The van der Waals surface area contributed by atoms with Gasteiger partial charge < -0.3 is 4.90 Å². The van der Waals surface area contributed by atoms with Crippen LogP contribution in [0.1, 0.15) is 18.5 Å². The van der Waals surface area contributed by atoms with E-state index in [1.165, 1.54) is 12.8 Å². The van der Waals surface area contributed by atoms with Gasteiger partial charge in [0.1, 0.15) is 0 Å². The Hall–Kier alpha value is -1.36. The standard InChI is InChI=1S/C12H14N4S/c1-2-6-13-10(5-1)11-9-17-12(15-14-11)16-7-3-4-8-16/h1-2,5-6H,3-4,7-9H2. The maximum absolute atomic E-state index is 4.32. The minimum Gasteiger partial charge on any atom is -0.350 e. The van der Waals surface area contributed by atoms with Crippen molar-refractivity contribution in [1.29, 1.82) is 0 Å². The highest BCUT2D eigenvalue weighted by Crippen LogP contribution is 2.20. The number of nitrogens with zero attached hydrogens (tertiary/aromatic N) is 4. The molecule has 0 unspecified atom stereocenters. The number of rotatable bonds is 1. The molecule has 0 atom stereocenters. The van der Waals surface area contributed by atoms with Crippen LogP contribution >= 0.6 is 11.8 Å². The molecule has 1 saturated heterocycles. The van der Waals surface area contributed by atoms with Crippen LogP contribution in [0.3, 0.4) is 0 Å². The zero-order valence-corrected chi connectivity index (χ0v) is 10.4. The van der Waals surface area contributed by atoms with Crippen LogP contribution in [0.15, 0.2) is 34.6 Å². The number of hydrogen-bond acceptors (Lipinski definition) is 5. The van der Waals surface area contributed by atoms with Crippen molar-refractivity contribution >= 4 is 22.6 Å². The second-order valence-corrected chi connectivity index (χ2v) is 5.07. The lowest BCUT2D eigenvalue weighted by Gasteiger charge is -2.20. The minimum atomic E-state index is 0.867. The SMILES string of the molecule is c1ccc(C2=NN=C(N3CCCC3)SC2)nc1. The summed E-state index contributed by atoms with van der Waals surface area (Å²) >= 11 is 1.77. The molecular formula is C12H14N4S. The maximum Gasteiger partial charge on any atom is 0.186 e. The topological polar surface area (TPSA) is 40.9 Å². The van der Waals surface area contributed by atoms with Crippen molar-refractivity contribution in [3.05, 3.63) is 30.1 Å². The van der Waals surface area contributed by atoms with E-state index in [9.17, 15) is 0 Å². The summed E-state index contributed by atoms with van der Waals surface area (Å²) in [6, 6.07) is 5.88. The van der Waals surface area contributed by atoms with Gasteiger partial charge in [0.25, 0.3) is 0 Å². The first-order chi connectivity index (χ1) is 8.43. The van der Waals surface area contributed by atoms with Crippen molar-refractivity contribution in [2.75, 3.05) is 18.8 Å². The van der Waals surface area contributed by atoms with E-state index < -0.39 is 0 Å². The van der Waals surface area contributed by atoms with Crippen molar-refractivity contribution in [2.24, 2.45) is 10.2 Å². The smallest absolute Gasteiger partial charge is 0.186 e. The van der Waals surface area contributed by atoms with Crippen LogP contribution in [-0.4, -0.2) is 39.6 Å². The van der Waals surface area contributed by atoms with Gasteiger partial charge in [0.05, 0.1) is 11.4 Å². The van der Waals surface area contributed by atoms with Gasteiger partial charge >= 0.3 is 0 Å². The highest BCUT2D eigenvalue weighted by Gasteiger charge is 2.20. The monoisotopic (exact) mass is 246 g/mol. The summed E-state index contributed by atoms with van der Waals surface area (Å²) in [7, 11) is 0. The number of thioether (sulfide) groups is 1. The van der Waals surface area contributed by atoms with E-state index in [2.05, 4.69) is 20.1 Å². The number of aromatic nitrogens is 1. The van der Waals surface area contributed by atoms with E-state index in [4.69, 9.17) is 0 Å². The number of likely N-dealkylation sites (tertiary alicyclic amines) is 1. The van der Waals surface area contributed by atoms with E-state index >= 15 is 0 Å². The Morgan fingerprint density at radius 1 is 1.12 bits per heavy atom. The summed E-state index contributed by atoms with van der Waals surface area (Å²) in [6.45, 7) is 2.25. The first kappa shape index (κ1) is 10.8. The van der Waals surface area contributed by atoms with Gasteiger partial charge in [-0.3, -0.25) is 4.98 Å². The second kappa shape index (κ2) is 4.87. The fraction of sp³-hybridized carbons (Fsp3) is 0.417. The molecule has 4 nitrogen and oxygen atoms in total. The second-order valence-electron chi connectivity index (χ2n) is 4.13. The van der Waals surface area contributed by atoms with Gasteiger partial charge in [-0.2, -0.15) is 0 Å². The summed E-state index contributed by atoms with van der Waals surface area (Å²) in [6.07, 6.45) is 4.34. The van der Waals surface area contributed by atoms with Crippen LogP contribution < -0.4 is 0 Å². The summed E-state index contributed by atoms with van der Waals surface area (Å²) in [4.78, 5) is 6.62. The summed E-state index contributed by atoms with van der Waals surface area (Å²) in [5.41, 5.74) is 1.91. The zero-order chi connectivity index (χ0) is 11.5. The lowest BCUT2D eigenvalue weighted by Crippen LogP contribution is -2.28. The molecule has 2 aliphatic heterocycles. The summed E-state index contributed by atoms with van der Waals surface area (Å²) in [5, 5.41) is 9.70. The Bertz CT molecular complexity index is 449. The molecule has 17 heavy (non-hydrogen) atoms. The van der Waals surface area contributed by atoms with Crippen LogP contribution in [0.25, 0.3) is 0 Å². The molecule has 1 fully saturated rings. The average molecular weight is 246 g/mol. The number of pyridine rings is 1. The zero-order valence-electron chi connectivity index (χ0n) is 9.54.